The molecular formula is C15H17Cl2N3O2. The number of rotatable bonds is 5. The number of nitrogens with zero attached hydrogens (tertiary/aromatic N) is 2. The predicted octanol–water partition coefficient (Wildman–Crippen LogP) is 2.07. The van der Waals surface area contributed by atoms with Gasteiger partial charge in [0, 0.05) is 25.9 Å². The van der Waals surface area contributed by atoms with E-state index in [0.29, 0.717) is 18.8 Å². The predicted molar refractivity (Wildman–Crippen MR) is 86.0 cm³/mol. The first-order chi connectivity index (χ1) is 10.5. The second-order valence-corrected chi connectivity index (χ2v) is 5.67. The molecule has 0 unspecified atom stereocenters. The second kappa shape index (κ2) is 7.63. The fraction of sp³-hybridized carbons (Fsp3) is 0.333. The average Bonchev–Trinajstić information content (AvgIpc) is 2.51. The molecule has 0 radical (unpaired) electrons. The molecular weight excluding hydrogens is 325 g/mol. The summed E-state index contributed by atoms with van der Waals surface area (Å²) < 4.78 is 0. The topological polar surface area (TPSA) is 52.7 Å². The lowest BCUT2D eigenvalue weighted by atomic mass is 10.2. The lowest BCUT2D eigenvalue weighted by molar-refractivity contribution is -0.143. The van der Waals surface area contributed by atoms with Gasteiger partial charge in [-0.05, 0) is 5.56 Å². The monoisotopic (exact) mass is 341 g/mol. The zero-order valence-corrected chi connectivity index (χ0v) is 13.7. The molecule has 0 saturated heterocycles. The molecule has 1 aliphatic rings. The second-order valence-electron chi connectivity index (χ2n) is 4.92. The number of likely N-dealkylation sites (N-methyl/N-ethyl adjacent to an activating group) is 1. The van der Waals surface area contributed by atoms with Crippen molar-refractivity contribution in [2.75, 3.05) is 19.5 Å². The van der Waals surface area contributed by atoms with Crippen LogP contribution in [0.4, 0.5) is 0 Å². The van der Waals surface area contributed by atoms with Gasteiger partial charge in [0.2, 0.25) is 5.91 Å². The van der Waals surface area contributed by atoms with Gasteiger partial charge in [-0.1, -0.05) is 41.9 Å². The standard InChI is InChI=1S/C15H17Cl2N3O2/c1-19-15(22)14(17)12(18-13(21)7-8-16)10-20(19)9-11-5-3-2-4-6-11/h2-6H,7-10H2,1H3,(H,18,21). The maximum absolute atomic E-state index is 12.2. The van der Waals surface area contributed by atoms with Gasteiger partial charge < -0.3 is 5.32 Å². The third-order valence-electron chi connectivity index (χ3n) is 3.33. The Morgan fingerprint density at radius 1 is 1.32 bits per heavy atom. The molecule has 1 N–H and O–H groups in total. The van der Waals surface area contributed by atoms with Crippen LogP contribution in [-0.2, 0) is 16.1 Å². The van der Waals surface area contributed by atoms with E-state index in [-0.39, 0.29) is 29.1 Å². The van der Waals surface area contributed by atoms with E-state index in [1.54, 1.807) is 7.05 Å². The Kier molecular flexibility index (Phi) is 5.83. The van der Waals surface area contributed by atoms with Crippen LogP contribution in [0.5, 0.6) is 0 Å². The van der Waals surface area contributed by atoms with Gasteiger partial charge in [-0.2, -0.15) is 0 Å². The molecule has 118 valence electrons. The summed E-state index contributed by atoms with van der Waals surface area (Å²) in [5.74, 6) is -0.372. The van der Waals surface area contributed by atoms with Crippen molar-refractivity contribution >= 4 is 35.0 Å². The Bertz CT molecular complexity index is 590. The van der Waals surface area contributed by atoms with Crippen LogP contribution in [0.1, 0.15) is 12.0 Å². The summed E-state index contributed by atoms with van der Waals surface area (Å²) >= 11 is 11.6. The normalized spacial score (nSPS) is 16.1. The summed E-state index contributed by atoms with van der Waals surface area (Å²) in [6, 6.07) is 9.76. The molecule has 1 aromatic carbocycles. The number of amides is 2. The van der Waals surface area contributed by atoms with E-state index >= 15 is 0 Å². The summed E-state index contributed by atoms with van der Waals surface area (Å²) in [6.45, 7) is 0.895. The molecule has 0 saturated carbocycles. The maximum atomic E-state index is 12.2. The number of hydrogen-bond acceptors (Lipinski definition) is 3. The van der Waals surface area contributed by atoms with E-state index in [1.165, 1.54) is 5.01 Å². The summed E-state index contributed by atoms with van der Waals surface area (Å²) in [4.78, 5) is 23.9. The highest BCUT2D eigenvalue weighted by atomic mass is 35.5. The van der Waals surface area contributed by atoms with Crippen LogP contribution in [0.2, 0.25) is 0 Å². The minimum atomic E-state index is -0.343. The number of hydrogen-bond donors (Lipinski definition) is 1. The third kappa shape index (κ3) is 4.00. The lowest BCUT2D eigenvalue weighted by Gasteiger charge is -2.36. The van der Waals surface area contributed by atoms with E-state index < -0.39 is 0 Å². The minimum absolute atomic E-state index is 0.0368. The van der Waals surface area contributed by atoms with Gasteiger partial charge in [0.05, 0.1) is 12.2 Å². The summed E-state index contributed by atoms with van der Waals surface area (Å²) in [7, 11) is 1.66. The van der Waals surface area contributed by atoms with Crippen molar-refractivity contribution < 1.29 is 9.59 Å². The molecule has 0 bridgehead atoms. The summed E-state index contributed by atoms with van der Waals surface area (Å²) in [5, 5.41) is 5.99. The average molecular weight is 342 g/mol. The summed E-state index contributed by atoms with van der Waals surface area (Å²) in [5.41, 5.74) is 1.47. The van der Waals surface area contributed by atoms with Gasteiger partial charge >= 0.3 is 0 Å². The number of hydrazine groups is 1. The van der Waals surface area contributed by atoms with Crippen LogP contribution >= 0.6 is 23.2 Å². The fourth-order valence-electron chi connectivity index (χ4n) is 2.12. The Hall–Kier alpha value is -1.56. The molecule has 0 spiro atoms. The number of carbonyl (C=O) groups excluding carboxylic acids is 2. The van der Waals surface area contributed by atoms with Crippen molar-refractivity contribution in [3.63, 3.8) is 0 Å². The molecule has 0 atom stereocenters. The van der Waals surface area contributed by atoms with E-state index in [2.05, 4.69) is 5.32 Å². The number of alkyl halides is 1. The smallest absolute Gasteiger partial charge is 0.281 e. The van der Waals surface area contributed by atoms with Crippen molar-refractivity contribution in [2.24, 2.45) is 0 Å². The van der Waals surface area contributed by atoms with Gasteiger partial charge in [0.25, 0.3) is 5.91 Å². The molecule has 1 aromatic rings. The van der Waals surface area contributed by atoms with Crippen molar-refractivity contribution in [1.82, 2.24) is 15.3 Å². The van der Waals surface area contributed by atoms with Crippen LogP contribution in [0.25, 0.3) is 0 Å². The van der Waals surface area contributed by atoms with Crippen molar-refractivity contribution in [3.8, 4) is 0 Å². The highest BCUT2D eigenvalue weighted by Gasteiger charge is 2.30. The molecule has 1 aliphatic heterocycles. The number of nitrogens with one attached hydrogen (secondary N) is 1. The molecule has 2 rings (SSSR count). The van der Waals surface area contributed by atoms with Gasteiger partial charge in [-0.25, -0.2) is 5.01 Å². The van der Waals surface area contributed by atoms with Gasteiger partial charge in [-0.3, -0.25) is 14.6 Å². The molecule has 0 fully saturated rings. The molecule has 1 heterocycles. The summed E-state index contributed by atoms with van der Waals surface area (Å²) in [6.07, 6.45) is 0.179. The van der Waals surface area contributed by atoms with Crippen LogP contribution in [0, 0.1) is 0 Å². The molecule has 0 aromatic heterocycles. The fourth-order valence-corrected chi connectivity index (χ4v) is 2.53. The van der Waals surface area contributed by atoms with Gasteiger partial charge in [-0.15, -0.1) is 11.6 Å². The Morgan fingerprint density at radius 3 is 2.64 bits per heavy atom. The quantitative estimate of drug-likeness (QED) is 0.834. The van der Waals surface area contributed by atoms with E-state index in [0.717, 1.165) is 5.56 Å². The van der Waals surface area contributed by atoms with Crippen molar-refractivity contribution in [1.29, 1.82) is 0 Å². The van der Waals surface area contributed by atoms with E-state index in [4.69, 9.17) is 23.2 Å². The van der Waals surface area contributed by atoms with E-state index in [9.17, 15) is 9.59 Å². The first-order valence-corrected chi connectivity index (χ1v) is 7.75. The zero-order valence-electron chi connectivity index (χ0n) is 12.2. The first-order valence-electron chi connectivity index (χ1n) is 6.84. The van der Waals surface area contributed by atoms with Gasteiger partial charge in [0.15, 0.2) is 0 Å². The van der Waals surface area contributed by atoms with Crippen molar-refractivity contribution in [3.05, 3.63) is 46.6 Å². The SMILES string of the molecule is CN1C(=O)C(Cl)=C(NC(=O)CCCl)CN1Cc1ccccc1. The Balaban J connectivity index is 2.14. The van der Waals surface area contributed by atoms with Crippen LogP contribution in [0.15, 0.2) is 41.1 Å². The van der Waals surface area contributed by atoms with Gasteiger partial charge in [0.1, 0.15) is 5.03 Å². The highest BCUT2D eigenvalue weighted by Crippen LogP contribution is 2.21. The lowest BCUT2D eigenvalue weighted by Crippen LogP contribution is -2.50. The molecule has 2 amide bonds. The van der Waals surface area contributed by atoms with Crippen molar-refractivity contribution in [2.45, 2.75) is 13.0 Å². The Labute approximate surface area is 139 Å². The molecule has 5 nitrogen and oxygen atoms in total. The van der Waals surface area contributed by atoms with E-state index in [1.807, 2.05) is 35.3 Å². The van der Waals surface area contributed by atoms with Crippen LogP contribution in [0.3, 0.4) is 0 Å². The van der Waals surface area contributed by atoms with Crippen LogP contribution < -0.4 is 5.32 Å². The van der Waals surface area contributed by atoms with Crippen LogP contribution in [-0.4, -0.2) is 41.3 Å². The highest BCUT2D eigenvalue weighted by molar-refractivity contribution is 6.42. The number of benzene rings is 1. The number of carbonyl (C=O) groups is 2. The maximum Gasteiger partial charge on any atom is 0.281 e. The molecule has 22 heavy (non-hydrogen) atoms. The number of halogens is 2. The molecule has 7 heteroatoms. The largest absolute Gasteiger partial charge is 0.327 e. The zero-order chi connectivity index (χ0) is 16.1. The third-order valence-corrected chi connectivity index (χ3v) is 3.91. The minimum Gasteiger partial charge on any atom is -0.327 e. The molecule has 0 aliphatic carbocycles. The first kappa shape index (κ1) is 16.8. The Morgan fingerprint density at radius 2 is 2.00 bits per heavy atom.